The molecular formula is C16H10F6N2O8. The first kappa shape index (κ1) is 27.8. The standard InChI is InChI=1S/C12H8N2O4.2C2HF3O2/c15-11(16)7-3-1-5-13-9(7)10-8(12(17)18)4-2-6-14-10;2*3-2(4,5)1(6)7/h1-6H,(H,15,16)(H,17,18);2*(H,6,7). The molecule has 0 aromatic carbocycles. The van der Waals surface area contributed by atoms with Gasteiger partial charge in [-0.15, -0.1) is 0 Å². The maximum atomic E-state index is 11.1. The lowest BCUT2D eigenvalue weighted by molar-refractivity contribution is -0.193. The molecule has 174 valence electrons. The number of carboxylic acids is 4. The molecule has 2 aromatic rings. The summed E-state index contributed by atoms with van der Waals surface area (Å²) < 4.78 is 63.5. The van der Waals surface area contributed by atoms with E-state index in [2.05, 4.69) is 9.97 Å². The predicted octanol–water partition coefficient (Wildman–Crippen LogP) is 2.81. The molecule has 0 aliphatic rings. The minimum absolute atomic E-state index is 0.0444. The number of pyridine rings is 2. The Morgan fingerprint density at radius 2 is 0.875 bits per heavy atom. The minimum Gasteiger partial charge on any atom is -0.478 e. The van der Waals surface area contributed by atoms with Crippen LogP contribution in [0.2, 0.25) is 0 Å². The quantitative estimate of drug-likeness (QED) is 0.486. The second-order valence-electron chi connectivity index (χ2n) is 5.02. The second kappa shape index (κ2) is 11.2. The van der Waals surface area contributed by atoms with Gasteiger partial charge >= 0.3 is 36.2 Å². The van der Waals surface area contributed by atoms with Crippen molar-refractivity contribution < 1.29 is 65.9 Å². The molecule has 32 heavy (non-hydrogen) atoms. The third kappa shape index (κ3) is 9.06. The van der Waals surface area contributed by atoms with E-state index in [1.807, 2.05) is 0 Å². The molecule has 0 bridgehead atoms. The number of aliphatic carboxylic acids is 2. The van der Waals surface area contributed by atoms with Gasteiger partial charge in [-0.3, -0.25) is 9.97 Å². The normalized spacial score (nSPS) is 10.6. The van der Waals surface area contributed by atoms with Crippen LogP contribution in [0.5, 0.6) is 0 Å². The molecule has 0 fully saturated rings. The Balaban J connectivity index is 0.000000570. The van der Waals surface area contributed by atoms with Gasteiger partial charge in [0.1, 0.15) is 11.4 Å². The van der Waals surface area contributed by atoms with Crippen LogP contribution in [0, 0.1) is 0 Å². The summed E-state index contributed by atoms with van der Waals surface area (Å²) in [6.07, 6.45) is -7.38. The zero-order chi connectivity index (χ0) is 25.3. The first-order chi connectivity index (χ1) is 14.5. The Kier molecular flexibility index (Phi) is 9.74. The average molecular weight is 472 g/mol. The highest BCUT2D eigenvalue weighted by molar-refractivity contribution is 5.99. The van der Waals surface area contributed by atoms with Crippen molar-refractivity contribution in [1.82, 2.24) is 9.97 Å². The van der Waals surface area contributed by atoms with Gasteiger partial charge in [-0.25, -0.2) is 19.2 Å². The molecule has 0 aliphatic carbocycles. The van der Waals surface area contributed by atoms with Crippen LogP contribution in [0.15, 0.2) is 36.7 Å². The number of carboxylic acid groups (broad SMARTS) is 4. The van der Waals surface area contributed by atoms with Crippen molar-refractivity contribution in [3.05, 3.63) is 47.8 Å². The maximum Gasteiger partial charge on any atom is 0.490 e. The summed E-state index contributed by atoms with van der Waals surface area (Å²) in [4.78, 5) is 47.7. The molecule has 2 heterocycles. The number of aromatic nitrogens is 2. The summed E-state index contributed by atoms with van der Waals surface area (Å²) >= 11 is 0. The minimum atomic E-state index is -5.08. The van der Waals surface area contributed by atoms with E-state index in [0.29, 0.717) is 0 Å². The lowest BCUT2D eigenvalue weighted by atomic mass is 10.1. The van der Waals surface area contributed by atoms with Crippen molar-refractivity contribution in [2.75, 3.05) is 0 Å². The highest BCUT2D eigenvalue weighted by Gasteiger charge is 2.38. The topological polar surface area (TPSA) is 175 Å². The summed E-state index contributed by atoms with van der Waals surface area (Å²) in [5.41, 5.74) is -0.0802. The van der Waals surface area contributed by atoms with Crippen LogP contribution in [-0.2, 0) is 9.59 Å². The van der Waals surface area contributed by atoms with E-state index in [9.17, 15) is 35.9 Å². The number of hydrogen-bond acceptors (Lipinski definition) is 6. The summed E-state index contributed by atoms with van der Waals surface area (Å²) in [6, 6.07) is 5.64. The van der Waals surface area contributed by atoms with E-state index in [1.54, 1.807) is 0 Å². The van der Waals surface area contributed by atoms with E-state index in [0.717, 1.165) is 0 Å². The summed E-state index contributed by atoms with van der Waals surface area (Å²) in [7, 11) is 0. The van der Waals surface area contributed by atoms with Gasteiger partial charge in [0.05, 0.1) is 11.1 Å². The molecule has 0 saturated heterocycles. The number of halogens is 6. The Labute approximate surface area is 172 Å². The van der Waals surface area contributed by atoms with Crippen molar-refractivity contribution >= 4 is 23.9 Å². The van der Waals surface area contributed by atoms with Gasteiger partial charge in [-0.1, -0.05) is 0 Å². The fourth-order valence-corrected chi connectivity index (χ4v) is 1.53. The number of alkyl halides is 6. The van der Waals surface area contributed by atoms with Crippen molar-refractivity contribution in [3.63, 3.8) is 0 Å². The molecule has 0 spiro atoms. The Morgan fingerprint density at radius 1 is 0.625 bits per heavy atom. The van der Waals surface area contributed by atoms with Crippen molar-refractivity contribution in [2.45, 2.75) is 12.4 Å². The molecule has 2 aromatic heterocycles. The molecule has 0 unspecified atom stereocenters. The number of carbonyl (C=O) groups is 4. The SMILES string of the molecule is O=C(O)C(F)(F)F.O=C(O)C(F)(F)F.O=C(O)c1cccnc1-c1ncccc1C(=O)O. The zero-order valence-electron chi connectivity index (χ0n) is 15.0. The highest BCUT2D eigenvalue weighted by Crippen LogP contribution is 2.22. The number of hydrogen-bond donors (Lipinski definition) is 4. The van der Waals surface area contributed by atoms with Crippen LogP contribution >= 0.6 is 0 Å². The van der Waals surface area contributed by atoms with Gasteiger partial charge in [0.25, 0.3) is 0 Å². The third-order valence-electron chi connectivity index (χ3n) is 2.79. The number of aromatic carboxylic acids is 2. The first-order valence-corrected chi connectivity index (χ1v) is 7.47. The molecule has 4 N–H and O–H groups in total. The second-order valence-corrected chi connectivity index (χ2v) is 5.02. The molecule has 0 amide bonds. The van der Waals surface area contributed by atoms with Crippen molar-refractivity contribution in [2.24, 2.45) is 0 Å². The van der Waals surface area contributed by atoms with E-state index < -0.39 is 36.2 Å². The van der Waals surface area contributed by atoms with E-state index in [4.69, 9.17) is 30.0 Å². The Hall–Kier alpha value is -4.24. The van der Waals surface area contributed by atoms with E-state index >= 15 is 0 Å². The molecule has 0 aliphatic heterocycles. The molecule has 0 radical (unpaired) electrons. The zero-order valence-corrected chi connectivity index (χ0v) is 15.0. The predicted molar refractivity (Wildman–Crippen MR) is 88.8 cm³/mol. The fraction of sp³-hybridized carbons (Fsp3) is 0.125. The van der Waals surface area contributed by atoms with Crippen LogP contribution in [0.3, 0.4) is 0 Å². The smallest absolute Gasteiger partial charge is 0.478 e. The number of rotatable bonds is 3. The van der Waals surface area contributed by atoms with Crippen LogP contribution < -0.4 is 0 Å². The van der Waals surface area contributed by atoms with Crippen LogP contribution in [0.25, 0.3) is 11.4 Å². The van der Waals surface area contributed by atoms with Crippen LogP contribution in [0.1, 0.15) is 20.7 Å². The first-order valence-electron chi connectivity index (χ1n) is 7.47. The third-order valence-corrected chi connectivity index (χ3v) is 2.79. The lowest BCUT2D eigenvalue weighted by Crippen LogP contribution is -2.21. The average Bonchev–Trinajstić information content (AvgIpc) is 2.67. The fourth-order valence-electron chi connectivity index (χ4n) is 1.53. The van der Waals surface area contributed by atoms with E-state index in [-0.39, 0.29) is 22.5 Å². The molecule has 0 atom stereocenters. The molecule has 10 nitrogen and oxygen atoms in total. The lowest BCUT2D eigenvalue weighted by Gasteiger charge is -2.06. The molecular weight excluding hydrogens is 462 g/mol. The maximum absolute atomic E-state index is 11.1. The van der Waals surface area contributed by atoms with Crippen molar-refractivity contribution in [1.29, 1.82) is 0 Å². The van der Waals surface area contributed by atoms with Crippen molar-refractivity contribution in [3.8, 4) is 11.4 Å². The van der Waals surface area contributed by atoms with Gasteiger partial charge in [0.2, 0.25) is 0 Å². The largest absolute Gasteiger partial charge is 0.490 e. The monoisotopic (exact) mass is 472 g/mol. The molecule has 0 saturated carbocycles. The van der Waals surface area contributed by atoms with Gasteiger partial charge < -0.3 is 20.4 Å². The number of nitrogens with zero attached hydrogens (tertiary/aromatic N) is 2. The molecule has 2 rings (SSSR count). The van der Waals surface area contributed by atoms with Gasteiger partial charge in [0, 0.05) is 12.4 Å². The summed E-state index contributed by atoms with van der Waals surface area (Å²) in [5.74, 6) is -7.87. The van der Waals surface area contributed by atoms with E-state index in [1.165, 1.54) is 36.7 Å². The van der Waals surface area contributed by atoms with Crippen LogP contribution in [0.4, 0.5) is 26.3 Å². The summed E-state index contributed by atoms with van der Waals surface area (Å²) in [5, 5.41) is 32.3. The summed E-state index contributed by atoms with van der Waals surface area (Å²) in [6.45, 7) is 0. The Bertz CT molecular complexity index is 911. The Morgan fingerprint density at radius 3 is 1.06 bits per heavy atom. The van der Waals surface area contributed by atoms with Gasteiger partial charge in [0.15, 0.2) is 0 Å². The highest BCUT2D eigenvalue weighted by atomic mass is 19.4. The van der Waals surface area contributed by atoms with Gasteiger partial charge in [-0.2, -0.15) is 26.3 Å². The van der Waals surface area contributed by atoms with Gasteiger partial charge in [-0.05, 0) is 24.3 Å². The van der Waals surface area contributed by atoms with Crippen LogP contribution in [-0.4, -0.2) is 66.6 Å². The molecule has 16 heteroatoms.